The van der Waals surface area contributed by atoms with Gasteiger partial charge >= 0.3 is 5.97 Å². The van der Waals surface area contributed by atoms with E-state index in [1.165, 1.54) is 31.4 Å². The molecule has 2 saturated carbocycles. The van der Waals surface area contributed by atoms with Crippen LogP contribution in [0.5, 0.6) is 5.75 Å². The number of carbonyl (C=O) groups excluding carboxylic acids is 1. The molecule has 4 nitrogen and oxygen atoms in total. The van der Waals surface area contributed by atoms with Crippen LogP contribution in [0.1, 0.15) is 57.8 Å². The summed E-state index contributed by atoms with van der Waals surface area (Å²) in [6, 6.07) is 4.30. The van der Waals surface area contributed by atoms with Crippen molar-refractivity contribution in [1.82, 2.24) is 4.90 Å². The molecule has 0 spiro atoms. The fraction of sp³-hybridized carbons (Fsp3) is 0.696. The van der Waals surface area contributed by atoms with Crippen molar-refractivity contribution < 1.29 is 18.7 Å². The lowest BCUT2D eigenvalue weighted by Crippen LogP contribution is -2.39. The molecule has 0 aromatic heterocycles. The van der Waals surface area contributed by atoms with Gasteiger partial charge in [-0.15, -0.1) is 0 Å². The number of benzene rings is 1. The van der Waals surface area contributed by atoms with Crippen molar-refractivity contribution in [3.63, 3.8) is 0 Å². The van der Waals surface area contributed by atoms with E-state index < -0.39 is 0 Å². The minimum atomic E-state index is -0.340. The second-order valence-corrected chi connectivity index (χ2v) is 9.28. The highest BCUT2D eigenvalue weighted by Gasteiger charge is 2.34. The third-order valence-electron chi connectivity index (χ3n) is 6.56. The minimum absolute atomic E-state index is 0.0421. The fourth-order valence-electron chi connectivity index (χ4n) is 4.48. The zero-order chi connectivity index (χ0) is 20.2. The Kier molecular flexibility index (Phi) is 6.96. The van der Waals surface area contributed by atoms with Gasteiger partial charge in [-0.25, -0.2) is 4.39 Å². The summed E-state index contributed by atoms with van der Waals surface area (Å²) in [7, 11) is 0. The molecule has 2 aliphatic carbocycles. The van der Waals surface area contributed by atoms with Gasteiger partial charge in [0.05, 0.1) is 10.9 Å². The van der Waals surface area contributed by atoms with Gasteiger partial charge in [0.2, 0.25) is 0 Å². The fourth-order valence-corrected chi connectivity index (χ4v) is 4.70. The molecular weight excluding hydrogens is 393 g/mol. The predicted octanol–water partition coefficient (Wildman–Crippen LogP) is 5.22. The highest BCUT2D eigenvalue weighted by atomic mass is 35.5. The molecule has 0 bridgehead atoms. The normalized spacial score (nSPS) is 26.3. The molecule has 160 valence electrons. The molecule has 0 N–H and O–H groups in total. The molecule has 1 aromatic rings. The monoisotopic (exact) mass is 423 g/mol. The van der Waals surface area contributed by atoms with Gasteiger partial charge in [0.25, 0.3) is 0 Å². The Morgan fingerprint density at radius 1 is 1.03 bits per heavy atom. The summed E-state index contributed by atoms with van der Waals surface area (Å²) in [5.74, 6) is 1.23. The maximum atomic E-state index is 13.2. The van der Waals surface area contributed by atoms with Crippen LogP contribution in [0.3, 0.4) is 0 Å². The molecule has 3 fully saturated rings. The summed E-state index contributed by atoms with van der Waals surface area (Å²) in [5.41, 5.74) is 0. The number of likely N-dealkylation sites (tertiary alicyclic amines) is 1. The standard InChI is InChI=1S/C23H31ClFNO3/c24-21-15-18(25)5-8-22(21)28-20-10-13-26(14-11-20)12-9-16-1-6-19(7-2-16)29-23(27)17-3-4-17/h5,8,15-17,19-20H,1-4,6-7,9-14H2. The Morgan fingerprint density at radius 2 is 1.76 bits per heavy atom. The van der Waals surface area contributed by atoms with Crippen molar-refractivity contribution in [3.8, 4) is 5.75 Å². The van der Waals surface area contributed by atoms with E-state index in [-0.39, 0.29) is 29.9 Å². The second kappa shape index (κ2) is 9.65. The van der Waals surface area contributed by atoms with E-state index >= 15 is 0 Å². The SMILES string of the molecule is O=C(OC1CCC(CCN2CCC(Oc3ccc(F)cc3Cl)CC2)CC1)C1CC1. The summed E-state index contributed by atoms with van der Waals surface area (Å²) in [6.07, 6.45) is 9.90. The first-order valence-corrected chi connectivity index (χ1v) is 11.5. The van der Waals surface area contributed by atoms with Crippen LogP contribution in [0, 0.1) is 17.7 Å². The quantitative estimate of drug-likeness (QED) is 0.563. The van der Waals surface area contributed by atoms with Crippen LogP contribution in [-0.4, -0.2) is 42.7 Å². The lowest BCUT2D eigenvalue weighted by Gasteiger charge is -2.34. The zero-order valence-corrected chi connectivity index (χ0v) is 17.7. The van der Waals surface area contributed by atoms with Gasteiger partial charge in [-0.05, 0) is 88.4 Å². The van der Waals surface area contributed by atoms with Crippen LogP contribution in [0.25, 0.3) is 0 Å². The molecule has 1 saturated heterocycles. The van der Waals surface area contributed by atoms with Crippen molar-refractivity contribution in [3.05, 3.63) is 29.0 Å². The number of esters is 1. The number of piperidine rings is 1. The Bertz CT molecular complexity index is 695. The zero-order valence-electron chi connectivity index (χ0n) is 17.0. The summed E-state index contributed by atoms with van der Waals surface area (Å²) in [4.78, 5) is 14.3. The molecule has 0 atom stereocenters. The van der Waals surface area contributed by atoms with Gasteiger partial charge in [0.1, 0.15) is 23.8 Å². The smallest absolute Gasteiger partial charge is 0.309 e. The first-order valence-electron chi connectivity index (χ1n) is 11.1. The molecule has 0 amide bonds. The van der Waals surface area contributed by atoms with E-state index in [4.69, 9.17) is 21.1 Å². The number of carbonyl (C=O) groups is 1. The Hall–Kier alpha value is -1.33. The number of ether oxygens (including phenoxy) is 2. The van der Waals surface area contributed by atoms with Gasteiger partial charge in [0, 0.05) is 13.1 Å². The molecule has 1 aromatic carbocycles. The molecule has 29 heavy (non-hydrogen) atoms. The molecule has 1 heterocycles. The number of hydrogen-bond donors (Lipinski definition) is 0. The predicted molar refractivity (Wildman–Crippen MR) is 111 cm³/mol. The molecule has 0 radical (unpaired) electrons. The van der Waals surface area contributed by atoms with Crippen LogP contribution in [0.2, 0.25) is 5.02 Å². The Morgan fingerprint density at radius 3 is 2.41 bits per heavy atom. The van der Waals surface area contributed by atoms with Crippen LogP contribution >= 0.6 is 11.6 Å². The van der Waals surface area contributed by atoms with Crippen molar-refractivity contribution in [2.24, 2.45) is 11.8 Å². The number of nitrogens with zero attached hydrogens (tertiary/aromatic N) is 1. The molecular formula is C23H31ClFNO3. The Balaban J connectivity index is 1.11. The van der Waals surface area contributed by atoms with Gasteiger partial charge in [0.15, 0.2) is 0 Å². The molecule has 3 aliphatic rings. The number of rotatable bonds is 7. The highest BCUT2D eigenvalue weighted by molar-refractivity contribution is 6.32. The molecule has 6 heteroatoms. The summed E-state index contributed by atoms with van der Waals surface area (Å²) < 4.78 is 24.8. The Labute approximate surface area is 177 Å². The van der Waals surface area contributed by atoms with Crippen LogP contribution in [0.4, 0.5) is 4.39 Å². The van der Waals surface area contributed by atoms with Gasteiger partial charge in [-0.2, -0.15) is 0 Å². The second-order valence-electron chi connectivity index (χ2n) is 8.88. The van der Waals surface area contributed by atoms with E-state index in [1.54, 1.807) is 6.07 Å². The van der Waals surface area contributed by atoms with E-state index in [9.17, 15) is 9.18 Å². The highest BCUT2D eigenvalue weighted by Crippen LogP contribution is 2.34. The van der Waals surface area contributed by atoms with E-state index in [0.717, 1.165) is 64.1 Å². The summed E-state index contributed by atoms with van der Waals surface area (Å²) in [5, 5.41) is 0.339. The summed E-state index contributed by atoms with van der Waals surface area (Å²) >= 11 is 6.07. The van der Waals surface area contributed by atoms with Crippen molar-refractivity contribution >= 4 is 17.6 Å². The minimum Gasteiger partial charge on any atom is -0.489 e. The molecule has 1 aliphatic heterocycles. The van der Waals surface area contributed by atoms with E-state index in [1.807, 2.05) is 0 Å². The number of halogens is 2. The van der Waals surface area contributed by atoms with Crippen LogP contribution in [-0.2, 0) is 9.53 Å². The van der Waals surface area contributed by atoms with Crippen LogP contribution < -0.4 is 4.74 Å². The largest absolute Gasteiger partial charge is 0.489 e. The lowest BCUT2D eigenvalue weighted by atomic mass is 9.85. The lowest BCUT2D eigenvalue weighted by molar-refractivity contribution is -0.152. The average Bonchev–Trinajstić information content (AvgIpc) is 3.56. The van der Waals surface area contributed by atoms with Crippen LogP contribution in [0.15, 0.2) is 18.2 Å². The maximum absolute atomic E-state index is 13.2. The summed E-state index contributed by atoms with van der Waals surface area (Å²) in [6.45, 7) is 3.18. The van der Waals surface area contributed by atoms with Crippen molar-refractivity contribution in [2.45, 2.75) is 70.0 Å². The first kappa shape index (κ1) is 20.9. The third-order valence-corrected chi connectivity index (χ3v) is 6.86. The molecule has 0 unspecified atom stereocenters. The van der Waals surface area contributed by atoms with Crippen molar-refractivity contribution in [2.75, 3.05) is 19.6 Å². The van der Waals surface area contributed by atoms with Gasteiger partial charge < -0.3 is 14.4 Å². The van der Waals surface area contributed by atoms with Crippen molar-refractivity contribution in [1.29, 1.82) is 0 Å². The average molecular weight is 424 g/mol. The number of hydrogen-bond acceptors (Lipinski definition) is 4. The third kappa shape index (κ3) is 6.08. The molecule has 4 rings (SSSR count). The van der Waals surface area contributed by atoms with E-state index in [2.05, 4.69) is 4.90 Å². The first-order chi connectivity index (χ1) is 14.1. The van der Waals surface area contributed by atoms with Gasteiger partial charge in [-0.1, -0.05) is 11.6 Å². The van der Waals surface area contributed by atoms with Gasteiger partial charge in [-0.3, -0.25) is 4.79 Å². The maximum Gasteiger partial charge on any atom is 0.309 e. The van der Waals surface area contributed by atoms with E-state index in [0.29, 0.717) is 10.8 Å². The topological polar surface area (TPSA) is 38.8 Å².